The molecule has 0 aromatic heterocycles. The highest BCUT2D eigenvalue weighted by Crippen LogP contribution is 2.23. The summed E-state index contributed by atoms with van der Waals surface area (Å²) in [4.78, 5) is 0. The van der Waals surface area contributed by atoms with E-state index in [9.17, 15) is 13.9 Å². The lowest BCUT2D eigenvalue weighted by Crippen LogP contribution is -2.31. The Morgan fingerprint density at radius 1 is 1.33 bits per heavy atom. The van der Waals surface area contributed by atoms with Gasteiger partial charge in [-0.1, -0.05) is 6.07 Å². The Kier molecular flexibility index (Phi) is 2.71. The van der Waals surface area contributed by atoms with Gasteiger partial charge in [0.1, 0.15) is 0 Å². The number of rotatable bonds is 2. The third-order valence-electron chi connectivity index (χ3n) is 2.60. The van der Waals surface area contributed by atoms with Gasteiger partial charge in [0.2, 0.25) is 0 Å². The quantitative estimate of drug-likeness (QED) is 0.811. The van der Waals surface area contributed by atoms with Gasteiger partial charge in [-0.05, 0) is 17.7 Å². The summed E-state index contributed by atoms with van der Waals surface area (Å²) in [5.41, 5.74) is -0.341. The summed E-state index contributed by atoms with van der Waals surface area (Å²) >= 11 is 0. The molecular formula is C11H12F2O2. The molecule has 1 saturated heterocycles. The van der Waals surface area contributed by atoms with Crippen LogP contribution in [0.1, 0.15) is 12.0 Å². The molecule has 0 spiro atoms. The topological polar surface area (TPSA) is 29.5 Å². The Balaban J connectivity index is 2.13. The van der Waals surface area contributed by atoms with E-state index in [0.29, 0.717) is 25.0 Å². The van der Waals surface area contributed by atoms with Crippen LogP contribution in [0, 0.1) is 11.6 Å². The molecule has 2 nitrogen and oxygen atoms in total. The van der Waals surface area contributed by atoms with Crippen molar-refractivity contribution in [1.82, 2.24) is 0 Å². The van der Waals surface area contributed by atoms with E-state index in [0.717, 1.165) is 12.1 Å². The van der Waals surface area contributed by atoms with Crippen LogP contribution < -0.4 is 0 Å². The third kappa shape index (κ3) is 2.33. The zero-order valence-corrected chi connectivity index (χ0v) is 8.17. The summed E-state index contributed by atoms with van der Waals surface area (Å²) in [7, 11) is 0. The Bertz CT molecular complexity index is 360. The monoisotopic (exact) mass is 214 g/mol. The molecule has 1 atom stereocenters. The van der Waals surface area contributed by atoms with Crippen LogP contribution in [0.25, 0.3) is 0 Å². The van der Waals surface area contributed by atoms with Crippen molar-refractivity contribution >= 4 is 0 Å². The SMILES string of the molecule is OC1(Cc2ccc(F)c(F)c2)CCOC1. The van der Waals surface area contributed by atoms with Crippen LogP contribution in [0.5, 0.6) is 0 Å². The van der Waals surface area contributed by atoms with Gasteiger partial charge < -0.3 is 9.84 Å². The number of ether oxygens (including phenoxy) is 1. The fraction of sp³-hybridized carbons (Fsp3) is 0.455. The molecule has 0 aliphatic carbocycles. The van der Waals surface area contributed by atoms with E-state index in [1.807, 2.05) is 0 Å². The normalized spacial score (nSPS) is 25.8. The summed E-state index contributed by atoms with van der Waals surface area (Å²) < 4.78 is 30.6. The van der Waals surface area contributed by atoms with Crippen LogP contribution in [0.3, 0.4) is 0 Å². The van der Waals surface area contributed by atoms with Crippen molar-refractivity contribution in [3.05, 3.63) is 35.4 Å². The highest BCUT2D eigenvalue weighted by atomic mass is 19.2. The molecule has 1 aromatic rings. The molecule has 2 rings (SSSR count). The molecule has 15 heavy (non-hydrogen) atoms. The minimum absolute atomic E-state index is 0.256. The van der Waals surface area contributed by atoms with Crippen LogP contribution >= 0.6 is 0 Å². The summed E-state index contributed by atoms with van der Waals surface area (Å²) in [6.45, 7) is 0.770. The molecule has 1 unspecified atom stereocenters. The minimum Gasteiger partial charge on any atom is -0.387 e. The van der Waals surface area contributed by atoms with Gasteiger partial charge in [0.25, 0.3) is 0 Å². The highest BCUT2D eigenvalue weighted by molar-refractivity contribution is 5.20. The smallest absolute Gasteiger partial charge is 0.159 e. The maximum Gasteiger partial charge on any atom is 0.159 e. The van der Waals surface area contributed by atoms with Crippen molar-refractivity contribution < 1.29 is 18.6 Å². The second kappa shape index (κ2) is 3.87. The van der Waals surface area contributed by atoms with E-state index < -0.39 is 17.2 Å². The van der Waals surface area contributed by atoms with Crippen molar-refractivity contribution in [2.24, 2.45) is 0 Å². The van der Waals surface area contributed by atoms with Crippen LogP contribution in [-0.4, -0.2) is 23.9 Å². The van der Waals surface area contributed by atoms with Crippen molar-refractivity contribution in [2.75, 3.05) is 13.2 Å². The van der Waals surface area contributed by atoms with Crippen molar-refractivity contribution in [3.63, 3.8) is 0 Å². The van der Waals surface area contributed by atoms with E-state index in [2.05, 4.69) is 0 Å². The number of hydrogen-bond donors (Lipinski definition) is 1. The van der Waals surface area contributed by atoms with Crippen molar-refractivity contribution in [2.45, 2.75) is 18.4 Å². The van der Waals surface area contributed by atoms with Gasteiger partial charge in [-0.3, -0.25) is 0 Å². The summed E-state index contributed by atoms with van der Waals surface area (Å²) in [5, 5.41) is 9.96. The largest absolute Gasteiger partial charge is 0.387 e. The maximum absolute atomic E-state index is 12.9. The van der Waals surface area contributed by atoms with Crippen LogP contribution in [0.15, 0.2) is 18.2 Å². The standard InChI is InChI=1S/C11H12F2O2/c12-9-2-1-8(5-10(9)13)6-11(14)3-4-15-7-11/h1-2,5,14H,3-4,6-7H2. The third-order valence-corrected chi connectivity index (χ3v) is 2.60. The molecular weight excluding hydrogens is 202 g/mol. The maximum atomic E-state index is 12.9. The Morgan fingerprint density at radius 3 is 2.73 bits per heavy atom. The molecule has 1 aliphatic rings. The average Bonchev–Trinajstić information content (AvgIpc) is 2.59. The first-order chi connectivity index (χ1) is 7.09. The summed E-state index contributed by atoms with van der Waals surface area (Å²) in [5.74, 6) is -1.75. The van der Waals surface area contributed by atoms with Crippen LogP contribution in [-0.2, 0) is 11.2 Å². The van der Waals surface area contributed by atoms with Crippen molar-refractivity contribution in [3.8, 4) is 0 Å². The number of halogens is 2. The molecule has 82 valence electrons. The first-order valence-corrected chi connectivity index (χ1v) is 4.83. The van der Waals surface area contributed by atoms with E-state index >= 15 is 0 Å². The first kappa shape index (κ1) is 10.5. The second-order valence-electron chi connectivity index (χ2n) is 3.95. The zero-order chi connectivity index (χ0) is 10.9. The molecule has 0 saturated carbocycles. The second-order valence-corrected chi connectivity index (χ2v) is 3.95. The van der Waals surface area contributed by atoms with Gasteiger partial charge in [-0.25, -0.2) is 8.78 Å². The fourth-order valence-electron chi connectivity index (χ4n) is 1.77. The number of benzene rings is 1. The van der Waals surface area contributed by atoms with E-state index in [1.165, 1.54) is 6.07 Å². The molecule has 4 heteroatoms. The van der Waals surface area contributed by atoms with Gasteiger partial charge in [-0.2, -0.15) is 0 Å². The Labute approximate surface area is 86.5 Å². The predicted octanol–water partition coefficient (Wildman–Crippen LogP) is 1.66. The lowest BCUT2D eigenvalue weighted by molar-refractivity contribution is 0.0270. The van der Waals surface area contributed by atoms with Gasteiger partial charge in [0, 0.05) is 19.4 Å². The molecule has 0 amide bonds. The predicted molar refractivity (Wildman–Crippen MR) is 50.4 cm³/mol. The van der Waals surface area contributed by atoms with Gasteiger partial charge in [0.05, 0.1) is 12.2 Å². The first-order valence-electron chi connectivity index (χ1n) is 4.83. The van der Waals surface area contributed by atoms with E-state index in [-0.39, 0.29) is 6.61 Å². The van der Waals surface area contributed by atoms with Crippen LogP contribution in [0.4, 0.5) is 8.78 Å². The number of aliphatic hydroxyl groups is 1. The number of hydrogen-bond acceptors (Lipinski definition) is 2. The van der Waals surface area contributed by atoms with E-state index in [4.69, 9.17) is 4.74 Å². The Hall–Kier alpha value is -1.00. The molecule has 1 aromatic carbocycles. The zero-order valence-electron chi connectivity index (χ0n) is 8.17. The summed E-state index contributed by atoms with van der Waals surface area (Å²) in [6, 6.07) is 3.67. The van der Waals surface area contributed by atoms with Gasteiger partial charge in [-0.15, -0.1) is 0 Å². The highest BCUT2D eigenvalue weighted by Gasteiger charge is 2.32. The average molecular weight is 214 g/mol. The summed E-state index contributed by atoms with van der Waals surface area (Å²) in [6.07, 6.45) is 0.830. The molecule has 0 bridgehead atoms. The lowest BCUT2D eigenvalue weighted by Gasteiger charge is -2.20. The minimum atomic E-state index is -0.926. The van der Waals surface area contributed by atoms with Gasteiger partial charge >= 0.3 is 0 Å². The lowest BCUT2D eigenvalue weighted by atomic mass is 9.94. The Morgan fingerprint density at radius 2 is 2.13 bits per heavy atom. The van der Waals surface area contributed by atoms with Gasteiger partial charge in [0.15, 0.2) is 11.6 Å². The van der Waals surface area contributed by atoms with E-state index in [1.54, 1.807) is 0 Å². The molecule has 0 radical (unpaired) electrons. The molecule has 1 aliphatic heterocycles. The van der Waals surface area contributed by atoms with Crippen LogP contribution in [0.2, 0.25) is 0 Å². The molecule has 1 fully saturated rings. The fourth-order valence-corrected chi connectivity index (χ4v) is 1.77. The molecule has 1 heterocycles. The van der Waals surface area contributed by atoms with Crippen molar-refractivity contribution in [1.29, 1.82) is 0 Å². The molecule has 1 N–H and O–H groups in total.